The van der Waals surface area contributed by atoms with Gasteiger partial charge in [0, 0.05) is 18.7 Å². The molecular formula is C12H11FN4O2. The number of aromatic nitrogens is 2. The van der Waals surface area contributed by atoms with Gasteiger partial charge in [0.25, 0.3) is 0 Å². The number of nitrogens with zero attached hydrogens (tertiary/aromatic N) is 3. The molecule has 0 saturated carbocycles. The van der Waals surface area contributed by atoms with E-state index in [0.717, 1.165) is 0 Å². The fraction of sp³-hybridized carbons (Fsp3) is 0.250. The summed E-state index contributed by atoms with van der Waals surface area (Å²) in [5.74, 6) is -0.220. The topological polar surface area (TPSA) is 85.2 Å². The number of nitrogen functional groups attached to an aromatic ring is 1. The van der Waals surface area contributed by atoms with Crippen molar-refractivity contribution in [2.24, 2.45) is 0 Å². The summed E-state index contributed by atoms with van der Waals surface area (Å²) in [7, 11) is 0. The van der Waals surface area contributed by atoms with Gasteiger partial charge < -0.3 is 15.1 Å². The van der Waals surface area contributed by atoms with Crippen molar-refractivity contribution in [1.82, 2.24) is 10.2 Å². The third-order valence-electron chi connectivity index (χ3n) is 3.07. The zero-order chi connectivity index (χ0) is 13.4. The predicted octanol–water partition coefficient (Wildman–Crippen LogP) is 1.31. The second kappa shape index (κ2) is 4.34. The van der Waals surface area contributed by atoms with Crippen LogP contribution < -0.4 is 10.6 Å². The summed E-state index contributed by atoms with van der Waals surface area (Å²) in [6.45, 7) is 0.423. The Hall–Kier alpha value is -2.44. The quantitative estimate of drug-likeness (QED) is 0.882. The Morgan fingerprint density at radius 2 is 2.05 bits per heavy atom. The monoisotopic (exact) mass is 262 g/mol. The highest BCUT2D eigenvalue weighted by molar-refractivity contribution is 5.96. The Morgan fingerprint density at radius 1 is 1.32 bits per heavy atom. The van der Waals surface area contributed by atoms with Gasteiger partial charge in [-0.2, -0.15) is 0 Å². The Kier molecular flexibility index (Phi) is 2.66. The minimum Gasteiger partial charge on any atom is -0.408 e. The summed E-state index contributed by atoms with van der Waals surface area (Å²) in [5, 5.41) is 7.37. The molecular weight excluding hydrogens is 251 g/mol. The van der Waals surface area contributed by atoms with Gasteiger partial charge in [-0.1, -0.05) is 5.10 Å². The molecule has 1 fully saturated rings. The van der Waals surface area contributed by atoms with Crippen molar-refractivity contribution in [1.29, 1.82) is 0 Å². The molecule has 1 unspecified atom stereocenters. The van der Waals surface area contributed by atoms with Crippen LogP contribution in [0.5, 0.6) is 0 Å². The molecule has 7 heteroatoms. The molecule has 2 aromatic rings. The zero-order valence-electron chi connectivity index (χ0n) is 9.91. The van der Waals surface area contributed by atoms with Crippen molar-refractivity contribution in [3.8, 4) is 0 Å². The van der Waals surface area contributed by atoms with Crippen molar-refractivity contribution >= 4 is 17.6 Å². The number of nitrogens with two attached hydrogens (primary N) is 1. The molecule has 1 amide bonds. The number of halogens is 1. The number of amides is 1. The number of benzene rings is 1. The first-order chi connectivity index (χ1) is 9.13. The summed E-state index contributed by atoms with van der Waals surface area (Å²) >= 11 is 0. The Bertz CT molecular complexity index is 610. The highest BCUT2D eigenvalue weighted by atomic mass is 19.1. The van der Waals surface area contributed by atoms with Crippen molar-refractivity contribution in [2.75, 3.05) is 17.2 Å². The van der Waals surface area contributed by atoms with Crippen molar-refractivity contribution in [2.45, 2.75) is 12.3 Å². The molecule has 1 saturated heterocycles. The van der Waals surface area contributed by atoms with E-state index >= 15 is 0 Å². The lowest BCUT2D eigenvalue weighted by molar-refractivity contribution is -0.117. The lowest BCUT2D eigenvalue weighted by Crippen LogP contribution is -2.24. The summed E-state index contributed by atoms with van der Waals surface area (Å²) in [5.41, 5.74) is 6.02. The molecule has 2 heterocycles. The van der Waals surface area contributed by atoms with E-state index in [2.05, 4.69) is 10.2 Å². The largest absolute Gasteiger partial charge is 0.408 e. The van der Waals surface area contributed by atoms with Gasteiger partial charge in [-0.25, -0.2) is 4.39 Å². The van der Waals surface area contributed by atoms with E-state index in [0.29, 0.717) is 18.1 Å². The second-order valence-electron chi connectivity index (χ2n) is 4.36. The molecule has 2 N–H and O–H groups in total. The minimum absolute atomic E-state index is 0.0114. The lowest BCUT2D eigenvalue weighted by atomic mass is 10.1. The molecule has 6 nitrogen and oxygen atoms in total. The average molecular weight is 262 g/mol. The van der Waals surface area contributed by atoms with Gasteiger partial charge in [-0.3, -0.25) is 4.79 Å². The number of rotatable bonds is 2. The fourth-order valence-corrected chi connectivity index (χ4v) is 2.16. The minimum atomic E-state index is -0.336. The van der Waals surface area contributed by atoms with Gasteiger partial charge in [0.1, 0.15) is 5.82 Å². The maximum absolute atomic E-state index is 12.9. The van der Waals surface area contributed by atoms with Crippen LogP contribution in [0.3, 0.4) is 0 Å². The summed E-state index contributed by atoms with van der Waals surface area (Å²) < 4.78 is 18.0. The van der Waals surface area contributed by atoms with Crippen LogP contribution in [0.25, 0.3) is 0 Å². The third-order valence-corrected chi connectivity index (χ3v) is 3.07. The van der Waals surface area contributed by atoms with Gasteiger partial charge in [0.05, 0.1) is 5.92 Å². The van der Waals surface area contributed by atoms with Crippen LogP contribution in [0.1, 0.15) is 18.2 Å². The van der Waals surface area contributed by atoms with Crippen molar-refractivity contribution in [3.63, 3.8) is 0 Å². The summed E-state index contributed by atoms with van der Waals surface area (Å²) in [6, 6.07) is 5.76. The van der Waals surface area contributed by atoms with Crippen LogP contribution in [-0.4, -0.2) is 22.6 Å². The number of carbonyl (C=O) groups excluding carboxylic acids is 1. The fourth-order valence-electron chi connectivity index (χ4n) is 2.16. The molecule has 0 radical (unpaired) electrons. The Balaban J connectivity index is 1.82. The highest BCUT2D eigenvalue weighted by Crippen LogP contribution is 2.31. The van der Waals surface area contributed by atoms with Crippen molar-refractivity contribution < 1.29 is 13.6 Å². The lowest BCUT2D eigenvalue weighted by Gasteiger charge is -2.15. The maximum Gasteiger partial charge on any atom is 0.312 e. The van der Waals surface area contributed by atoms with E-state index in [-0.39, 0.29) is 30.1 Å². The SMILES string of the molecule is Nc1nnc(C2CC(=O)N(c3ccc(F)cc3)C2)o1. The Labute approximate surface area is 108 Å². The highest BCUT2D eigenvalue weighted by Gasteiger charge is 2.34. The Morgan fingerprint density at radius 3 is 2.68 bits per heavy atom. The van der Waals surface area contributed by atoms with Crippen molar-refractivity contribution in [3.05, 3.63) is 36.0 Å². The predicted molar refractivity (Wildman–Crippen MR) is 64.8 cm³/mol. The average Bonchev–Trinajstić information content (AvgIpc) is 2.97. The second-order valence-corrected chi connectivity index (χ2v) is 4.36. The smallest absolute Gasteiger partial charge is 0.312 e. The van der Waals surface area contributed by atoms with Gasteiger partial charge >= 0.3 is 6.01 Å². The molecule has 1 atom stereocenters. The molecule has 19 heavy (non-hydrogen) atoms. The summed E-state index contributed by atoms with van der Waals surface area (Å²) in [6.07, 6.45) is 0.277. The van der Waals surface area contributed by atoms with Crippen LogP contribution >= 0.6 is 0 Å². The number of carbonyl (C=O) groups is 1. The van der Waals surface area contributed by atoms with Crippen LogP contribution in [-0.2, 0) is 4.79 Å². The number of hydrogen-bond acceptors (Lipinski definition) is 5. The van der Waals surface area contributed by atoms with Crippen LogP contribution in [0.4, 0.5) is 16.1 Å². The van der Waals surface area contributed by atoms with E-state index in [1.807, 2.05) is 0 Å². The van der Waals surface area contributed by atoms with E-state index in [9.17, 15) is 9.18 Å². The van der Waals surface area contributed by atoms with Crippen LogP contribution in [0, 0.1) is 5.82 Å². The first-order valence-corrected chi connectivity index (χ1v) is 5.78. The van der Waals surface area contributed by atoms with Gasteiger partial charge in [0.2, 0.25) is 11.8 Å². The maximum atomic E-state index is 12.9. The number of hydrogen-bond donors (Lipinski definition) is 1. The number of anilines is 2. The van der Waals surface area contributed by atoms with Crippen LogP contribution in [0.2, 0.25) is 0 Å². The molecule has 0 aliphatic carbocycles. The first kappa shape index (κ1) is 11.6. The molecule has 3 rings (SSSR count). The van der Waals surface area contributed by atoms with Gasteiger partial charge in [-0.05, 0) is 24.3 Å². The summed E-state index contributed by atoms with van der Waals surface area (Å²) in [4.78, 5) is 13.5. The van der Waals surface area contributed by atoms with Gasteiger partial charge in [-0.15, -0.1) is 5.10 Å². The van der Waals surface area contributed by atoms with E-state index < -0.39 is 0 Å². The molecule has 1 aliphatic rings. The molecule has 1 aliphatic heterocycles. The third kappa shape index (κ3) is 2.14. The molecule has 1 aromatic carbocycles. The van der Waals surface area contributed by atoms with Gasteiger partial charge in [0.15, 0.2) is 0 Å². The molecule has 1 aromatic heterocycles. The first-order valence-electron chi connectivity index (χ1n) is 5.78. The standard InChI is InChI=1S/C12H11FN4O2/c13-8-1-3-9(4-2-8)17-6-7(5-10(17)18)11-15-16-12(14)19-11/h1-4,7H,5-6H2,(H2,14,16). The zero-order valence-corrected chi connectivity index (χ0v) is 9.91. The van der Waals surface area contributed by atoms with E-state index in [1.54, 1.807) is 17.0 Å². The van der Waals surface area contributed by atoms with Crippen LogP contribution in [0.15, 0.2) is 28.7 Å². The normalized spacial score (nSPS) is 19.1. The molecule has 0 spiro atoms. The van der Waals surface area contributed by atoms with E-state index in [4.69, 9.17) is 10.2 Å². The van der Waals surface area contributed by atoms with E-state index in [1.165, 1.54) is 12.1 Å². The molecule has 98 valence electrons. The molecule has 0 bridgehead atoms.